The minimum absolute atomic E-state index is 0.137. The molecule has 3 nitrogen and oxygen atoms in total. The van der Waals surface area contributed by atoms with Gasteiger partial charge in [0.25, 0.3) is 0 Å². The molecule has 0 saturated heterocycles. The molecule has 0 atom stereocenters. The van der Waals surface area contributed by atoms with E-state index in [4.69, 9.17) is 4.42 Å². The van der Waals surface area contributed by atoms with Crippen molar-refractivity contribution in [1.29, 1.82) is 0 Å². The van der Waals surface area contributed by atoms with Crippen molar-refractivity contribution >= 4 is 5.91 Å². The third-order valence-electron chi connectivity index (χ3n) is 3.11. The summed E-state index contributed by atoms with van der Waals surface area (Å²) in [6, 6.07) is 12.0. The van der Waals surface area contributed by atoms with Gasteiger partial charge in [-0.15, -0.1) is 0 Å². The van der Waals surface area contributed by atoms with E-state index in [1.54, 1.807) is 18.2 Å². The molecule has 0 saturated carbocycles. The third-order valence-corrected chi connectivity index (χ3v) is 3.11. The van der Waals surface area contributed by atoms with Crippen LogP contribution in [0.15, 0.2) is 47.1 Å². The van der Waals surface area contributed by atoms with E-state index in [0.717, 1.165) is 12.2 Å². The van der Waals surface area contributed by atoms with Gasteiger partial charge in [-0.3, -0.25) is 4.79 Å². The minimum Gasteiger partial charge on any atom is -0.467 e. The molecule has 1 aromatic carbocycles. The molecule has 0 aliphatic rings. The second kappa shape index (κ2) is 6.23. The van der Waals surface area contributed by atoms with E-state index in [1.165, 1.54) is 11.1 Å². The summed E-state index contributed by atoms with van der Waals surface area (Å²) in [5.74, 6) is 0.948. The number of amides is 1. The van der Waals surface area contributed by atoms with Crippen molar-refractivity contribution in [3.8, 4) is 0 Å². The highest BCUT2D eigenvalue weighted by Crippen LogP contribution is 2.09. The SMILES string of the molecule is Cc1cccc(CCC(=O)N(C)Cc2ccco2)c1. The van der Waals surface area contributed by atoms with E-state index in [9.17, 15) is 4.79 Å². The van der Waals surface area contributed by atoms with Crippen molar-refractivity contribution in [3.05, 3.63) is 59.5 Å². The fraction of sp³-hybridized carbons (Fsp3) is 0.312. The van der Waals surface area contributed by atoms with Gasteiger partial charge in [0, 0.05) is 13.5 Å². The quantitative estimate of drug-likeness (QED) is 0.824. The number of furan rings is 1. The Bertz CT molecular complexity index is 531. The number of carbonyl (C=O) groups excluding carboxylic acids is 1. The van der Waals surface area contributed by atoms with Crippen LogP contribution in [-0.2, 0) is 17.8 Å². The molecule has 0 unspecified atom stereocenters. The van der Waals surface area contributed by atoms with Crippen molar-refractivity contribution in [3.63, 3.8) is 0 Å². The summed E-state index contributed by atoms with van der Waals surface area (Å²) in [5.41, 5.74) is 2.44. The van der Waals surface area contributed by atoms with Crippen LogP contribution < -0.4 is 0 Å². The Morgan fingerprint density at radius 2 is 2.11 bits per heavy atom. The van der Waals surface area contributed by atoms with Crippen LogP contribution in [0.1, 0.15) is 23.3 Å². The summed E-state index contributed by atoms with van der Waals surface area (Å²) < 4.78 is 5.24. The molecule has 0 fully saturated rings. The van der Waals surface area contributed by atoms with Gasteiger partial charge in [-0.2, -0.15) is 0 Å². The van der Waals surface area contributed by atoms with E-state index >= 15 is 0 Å². The predicted molar refractivity (Wildman–Crippen MR) is 74.7 cm³/mol. The normalized spacial score (nSPS) is 10.4. The van der Waals surface area contributed by atoms with E-state index < -0.39 is 0 Å². The maximum absolute atomic E-state index is 12.0. The van der Waals surface area contributed by atoms with Gasteiger partial charge in [-0.05, 0) is 31.0 Å². The van der Waals surface area contributed by atoms with Crippen molar-refractivity contribution < 1.29 is 9.21 Å². The van der Waals surface area contributed by atoms with E-state index in [1.807, 2.05) is 18.2 Å². The number of carbonyl (C=O) groups is 1. The van der Waals surface area contributed by atoms with Gasteiger partial charge in [-0.25, -0.2) is 0 Å². The van der Waals surface area contributed by atoms with Crippen molar-refractivity contribution in [2.75, 3.05) is 7.05 Å². The standard InChI is InChI=1S/C16H19NO2/c1-13-5-3-6-14(11-13)8-9-16(18)17(2)12-15-7-4-10-19-15/h3-7,10-11H,8-9,12H2,1-2H3. The topological polar surface area (TPSA) is 33.5 Å². The van der Waals surface area contributed by atoms with Crippen molar-refractivity contribution in [2.45, 2.75) is 26.3 Å². The first-order valence-electron chi connectivity index (χ1n) is 6.47. The summed E-state index contributed by atoms with van der Waals surface area (Å²) in [5, 5.41) is 0. The second-order valence-corrected chi connectivity index (χ2v) is 4.82. The fourth-order valence-electron chi connectivity index (χ4n) is 2.03. The van der Waals surface area contributed by atoms with Crippen molar-refractivity contribution in [2.24, 2.45) is 0 Å². The highest BCUT2D eigenvalue weighted by molar-refractivity contribution is 5.76. The molecule has 1 aromatic heterocycles. The molecule has 100 valence electrons. The molecular formula is C16H19NO2. The number of hydrogen-bond donors (Lipinski definition) is 0. The predicted octanol–water partition coefficient (Wildman–Crippen LogP) is 3.18. The van der Waals surface area contributed by atoms with Gasteiger partial charge in [0.15, 0.2) is 0 Å². The van der Waals surface area contributed by atoms with Crippen LogP contribution in [0.4, 0.5) is 0 Å². The maximum Gasteiger partial charge on any atom is 0.223 e. The lowest BCUT2D eigenvalue weighted by molar-refractivity contribution is -0.130. The first kappa shape index (κ1) is 13.4. The zero-order valence-electron chi connectivity index (χ0n) is 11.4. The second-order valence-electron chi connectivity index (χ2n) is 4.82. The lowest BCUT2D eigenvalue weighted by atomic mass is 10.1. The molecule has 1 heterocycles. The average Bonchev–Trinajstić information content (AvgIpc) is 2.89. The Kier molecular flexibility index (Phi) is 4.39. The molecule has 19 heavy (non-hydrogen) atoms. The van der Waals surface area contributed by atoms with Gasteiger partial charge in [0.2, 0.25) is 5.91 Å². The monoisotopic (exact) mass is 257 g/mol. The van der Waals surface area contributed by atoms with Gasteiger partial charge in [-0.1, -0.05) is 29.8 Å². The number of nitrogens with zero attached hydrogens (tertiary/aromatic N) is 1. The molecule has 0 radical (unpaired) electrons. The maximum atomic E-state index is 12.0. The van der Waals surface area contributed by atoms with Crippen LogP contribution in [0.2, 0.25) is 0 Å². The Morgan fingerprint density at radius 3 is 2.79 bits per heavy atom. The third kappa shape index (κ3) is 3.98. The van der Waals surface area contributed by atoms with Crippen LogP contribution >= 0.6 is 0 Å². The minimum atomic E-state index is 0.137. The summed E-state index contributed by atoms with van der Waals surface area (Å²) in [6.07, 6.45) is 2.93. The number of hydrogen-bond acceptors (Lipinski definition) is 2. The van der Waals surface area contributed by atoms with E-state index in [-0.39, 0.29) is 5.91 Å². The summed E-state index contributed by atoms with van der Waals surface area (Å²) >= 11 is 0. The molecule has 0 bridgehead atoms. The van der Waals surface area contributed by atoms with Crippen LogP contribution in [0.5, 0.6) is 0 Å². The van der Waals surface area contributed by atoms with Crippen LogP contribution in [-0.4, -0.2) is 17.9 Å². The first-order chi connectivity index (χ1) is 9.15. The Balaban J connectivity index is 1.84. The molecular weight excluding hydrogens is 238 g/mol. The molecule has 1 amide bonds. The van der Waals surface area contributed by atoms with Crippen molar-refractivity contribution in [1.82, 2.24) is 4.90 Å². The molecule has 0 aliphatic heterocycles. The first-order valence-corrected chi connectivity index (χ1v) is 6.47. The number of rotatable bonds is 5. The van der Waals surface area contributed by atoms with Gasteiger partial charge in [0.05, 0.1) is 12.8 Å². The van der Waals surface area contributed by atoms with E-state index in [2.05, 4.69) is 25.1 Å². The van der Waals surface area contributed by atoms with E-state index in [0.29, 0.717) is 13.0 Å². The van der Waals surface area contributed by atoms with Gasteiger partial charge >= 0.3 is 0 Å². The van der Waals surface area contributed by atoms with Gasteiger partial charge < -0.3 is 9.32 Å². The lowest BCUT2D eigenvalue weighted by Crippen LogP contribution is -2.26. The molecule has 2 aromatic rings. The van der Waals surface area contributed by atoms with Crippen LogP contribution in [0, 0.1) is 6.92 Å². The molecule has 0 spiro atoms. The molecule has 3 heteroatoms. The summed E-state index contributed by atoms with van der Waals surface area (Å²) in [6.45, 7) is 2.59. The Morgan fingerprint density at radius 1 is 1.26 bits per heavy atom. The van der Waals surface area contributed by atoms with Crippen LogP contribution in [0.3, 0.4) is 0 Å². The Labute approximate surface area is 113 Å². The zero-order valence-corrected chi connectivity index (χ0v) is 11.4. The number of aryl methyl sites for hydroxylation is 2. The highest BCUT2D eigenvalue weighted by Gasteiger charge is 2.10. The van der Waals surface area contributed by atoms with Gasteiger partial charge in [0.1, 0.15) is 5.76 Å². The Hall–Kier alpha value is -2.03. The number of benzene rings is 1. The molecule has 0 N–H and O–H groups in total. The smallest absolute Gasteiger partial charge is 0.223 e. The lowest BCUT2D eigenvalue weighted by Gasteiger charge is -2.15. The summed E-state index contributed by atoms with van der Waals surface area (Å²) in [7, 11) is 1.81. The fourth-order valence-corrected chi connectivity index (χ4v) is 2.03. The van der Waals surface area contributed by atoms with Crippen LogP contribution in [0.25, 0.3) is 0 Å². The zero-order chi connectivity index (χ0) is 13.7. The largest absolute Gasteiger partial charge is 0.467 e. The average molecular weight is 257 g/mol. The highest BCUT2D eigenvalue weighted by atomic mass is 16.3. The molecule has 2 rings (SSSR count). The summed E-state index contributed by atoms with van der Waals surface area (Å²) in [4.78, 5) is 13.7. The molecule has 0 aliphatic carbocycles.